The second-order valence-electron chi connectivity index (χ2n) is 7.39. The summed E-state index contributed by atoms with van der Waals surface area (Å²) in [5.41, 5.74) is 1.57. The van der Waals surface area contributed by atoms with E-state index in [4.69, 9.17) is 21.1 Å². The highest BCUT2D eigenvalue weighted by Crippen LogP contribution is 2.43. The first kappa shape index (κ1) is 19.3. The molecule has 0 spiro atoms. The lowest BCUT2D eigenvalue weighted by Crippen LogP contribution is -2.70. The average molecular weight is 406 g/mol. The zero-order valence-corrected chi connectivity index (χ0v) is 16.6. The Morgan fingerprint density at radius 2 is 2.14 bits per heavy atom. The van der Waals surface area contributed by atoms with E-state index in [1.165, 1.54) is 13.2 Å². The predicted molar refractivity (Wildman–Crippen MR) is 107 cm³/mol. The smallest absolute Gasteiger partial charge is 0.344 e. The van der Waals surface area contributed by atoms with E-state index in [1.54, 1.807) is 30.3 Å². The fourth-order valence-corrected chi connectivity index (χ4v) is 4.52. The van der Waals surface area contributed by atoms with E-state index in [-0.39, 0.29) is 29.1 Å². The lowest BCUT2D eigenvalue weighted by molar-refractivity contribution is -0.154. The van der Waals surface area contributed by atoms with E-state index in [0.717, 1.165) is 13.0 Å². The Labute approximate surface area is 168 Å². The molecule has 2 heterocycles. The van der Waals surface area contributed by atoms with Crippen molar-refractivity contribution in [2.45, 2.75) is 18.6 Å². The topological polar surface area (TPSA) is 47.6 Å². The van der Waals surface area contributed by atoms with Crippen LogP contribution in [0.2, 0.25) is 5.02 Å². The third-order valence-electron chi connectivity index (χ3n) is 5.90. The van der Waals surface area contributed by atoms with Crippen molar-refractivity contribution in [3.8, 4) is 16.9 Å². The van der Waals surface area contributed by atoms with Gasteiger partial charge in [0.15, 0.2) is 18.0 Å². The summed E-state index contributed by atoms with van der Waals surface area (Å²) in [6.07, 6.45) is 0.658. The molecule has 3 unspecified atom stereocenters. The number of hydrogen-bond donors (Lipinski definition) is 1. The highest BCUT2D eigenvalue weighted by Gasteiger charge is 2.53. The molecular weight excluding hydrogens is 383 g/mol. The van der Waals surface area contributed by atoms with Gasteiger partial charge in [0, 0.05) is 36.2 Å². The molecule has 0 saturated carbocycles. The van der Waals surface area contributed by atoms with Crippen LogP contribution in [0, 0.1) is 5.82 Å². The molecule has 3 atom stereocenters. The van der Waals surface area contributed by atoms with Crippen LogP contribution in [0.3, 0.4) is 0 Å². The number of piperidine rings is 1. The van der Waals surface area contributed by atoms with Gasteiger partial charge in [-0.2, -0.15) is 0 Å². The fraction of sp³-hybridized carbons (Fsp3) is 0.381. The number of likely N-dealkylation sites (N-methyl/N-ethyl adjacent to an activating group) is 1. The SMILES string of the molecule is COc1cc(-c2cccc(Cl)c2)c(F)cc1[N+]1(C)C(=O)COC2CNCCC21. The summed E-state index contributed by atoms with van der Waals surface area (Å²) in [4.78, 5) is 13.0. The van der Waals surface area contributed by atoms with Crippen LogP contribution in [0.1, 0.15) is 6.42 Å². The van der Waals surface area contributed by atoms with Gasteiger partial charge in [-0.05, 0) is 23.8 Å². The summed E-state index contributed by atoms with van der Waals surface area (Å²) in [6, 6.07) is 10.0. The van der Waals surface area contributed by atoms with Gasteiger partial charge in [0.25, 0.3) is 0 Å². The van der Waals surface area contributed by atoms with E-state index in [1.807, 2.05) is 7.05 Å². The van der Waals surface area contributed by atoms with E-state index in [9.17, 15) is 4.79 Å². The number of nitrogens with zero attached hydrogens (tertiary/aromatic N) is 1. The third-order valence-corrected chi connectivity index (χ3v) is 6.13. The van der Waals surface area contributed by atoms with Crippen molar-refractivity contribution in [3.05, 3.63) is 47.2 Å². The van der Waals surface area contributed by atoms with Crippen LogP contribution in [0.5, 0.6) is 5.75 Å². The quantitative estimate of drug-likeness (QED) is 0.795. The summed E-state index contributed by atoms with van der Waals surface area (Å²) >= 11 is 6.07. The zero-order chi connectivity index (χ0) is 19.9. The molecule has 1 amide bonds. The van der Waals surface area contributed by atoms with Gasteiger partial charge < -0.3 is 14.8 Å². The summed E-state index contributed by atoms with van der Waals surface area (Å²) in [5, 5.41) is 3.83. The van der Waals surface area contributed by atoms with Gasteiger partial charge in [0.05, 0.1) is 14.2 Å². The molecule has 4 rings (SSSR count). The summed E-state index contributed by atoms with van der Waals surface area (Å²) < 4.78 is 26.5. The van der Waals surface area contributed by atoms with Crippen molar-refractivity contribution in [1.82, 2.24) is 9.80 Å². The Balaban J connectivity index is 1.85. The molecule has 2 aliphatic heterocycles. The summed E-state index contributed by atoms with van der Waals surface area (Å²) in [5.74, 6) is -0.0371. The molecule has 0 aliphatic carbocycles. The number of carbonyl (C=O) groups excluding carboxylic acids is 1. The minimum absolute atomic E-state index is 0.000163. The molecule has 7 heteroatoms. The van der Waals surface area contributed by atoms with Crippen molar-refractivity contribution in [2.24, 2.45) is 0 Å². The highest BCUT2D eigenvalue weighted by molar-refractivity contribution is 6.30. The number of quaternary nitrogens is 1. The van der Waals surface area contributed by atoms with Gasteiger partial charge >= 0.3 is 5.91 Å². The number of carbonyl (C=O) groups is 1. The summed E-state index contributed by atoms with van der Waals surface area (Å²) in [7, 11) is 3.37. The monoisotopic (exact) mass is 405 g/mol. The van der Waals surface area contributed by atoms with Crippen LogP contribution >= 0.6 is 11.6 Å². The van der Waals surface area contributed by atoms with E-state index in [0.29, 0.717) is 34.1 Å². The highest BCUT2D eigenvalue weighted by atomic mass is 35.5. The lowest BCUT2D eigenvalue weighted by Gasteiger charge is -2.47. The second kappa shape index (κ2) is 7.44. The minimum atomic E-state index is -0.415. The van der Waals surface area contributed by atoms with Crippen LogP contribution in [0.25, 0.3) is 11.1 Å². The molecule has 1 N–H and O–H groups in total. The molecule has 5 nitrogen and oxygen atoms in total. The molecule has 28 heavy (non-hydrogen) atoms. The van der Waals surface area contributed by atoms with Crippen LogP contribution in [-0.4, -0.2) is 51.9 Å². The Morgan fingerprint density at radius 1 is 1.32 bits per heavy atom. The molecule has 2 aliphatic rings. The minimum Gasteiger partial charge on any atom is -0.491 e. The number of halogens is 2. The Morgan fingerprint density at radius 3 is 2.89 bits per heavy atom. The Kier molecular flexibility index (Phi) is 5.14. The number of benzene rings is 2. The van der Waals surface area contributed by atoms with Crippen LogP contribution in [0.15, 0.2) is 36.4 Å². The van der Waals surface area contributed by atoms with Gasteiger partial charge in [-0.25, -0.2) is 13.7 Å². The van der Waals surface area contributed by atoms with Gasteiger partial charge in [0.2, 0.25) is 0 Å². The third kappa shape index (κ3) is 3.10. The average Bonchev–Trinajstić information content (AvgIpc) is 2.71. The van der Waals surface area contributed by atoms with Crippen molar-refractivity contribution in [2.75, 3.05) is 33.9 Å². The standard InChI is InChI=1S/C21H23ClFN2O3/c1-25(17-6-7-24-11-20(17)28-12-21(25)26)18-10-16(23)15(9-19(18)27-2)13-4-3-5-14(22)8-13/h3-5,8-10,17,20,24H,6-7,11-12H2,1-2H3/q+1. The molecule has 2 aromatic carbocycles. The maximum atomic E-state index is 15.2. The molecule has 0 bridgehead atoms. The number of fused-ring (bicyclic) bond motifs is 1. The Hall–Kier alpha value is -1.99. The number of rotatable bonds is 3. The number of amides is 1. The molecule has 0 aromatic heterocycles. The van der Waals surface area contributed by atoms with Crippen molar-refractivity contribution in [3.63, 3.8) is 0 Å². The molecule has 2 fully saturated rings. The van der Waals surface area contributed by atoms with Gasteiger partial charge in [-0.1, -0.05) is 23.7 Å². The number of hydrogen-bond acceptors (Lipinski definition) is 4. The van der Waals surface area contributed by atoms with Crippen molar-refractivity contribution >= 4 is 23.2 Å². The van der Waals surface area contributed by atoms with Gasteiger partial charge in [0.1, 0.15) is 18.0 Å². The number of methoxy groups -OCH3 is 1. The van der Waals surface area contributed by atoms with Crippen molar-refractivity contribution < 1.29 is 18.7 Å². The van der Waals surface area contributed by atoms with Crippen LogP contribution < -0.4 is 14.5 Å². The first-order valence-electron chi connectivity index (χ1n) is 9.31. The predicted octanol–water partition coefficient (Wildman–Crippen LogP) is 3.38. The van der Waals surface area contributed by atoms with E-state index < -0.39 is 5.82 Å². The molecule has 2 saturated heterocycles. The van der Waals surface area contributed by atoms with Gasteiger partial charge in [-0.3, -0.25) is 0 Å². The maximum Gasteiger partial charge on any atom is 0.344 e. The van der Waals surface area contributed by atoms with E-state index in [2.05, 4.69) is 5.32 Å². The molecule has 2 aromatic rings. The number of morpholine rings is 1. The number of ether oxygens (including phenoxy) is 2. The summed E-state index contributed by atoms with van der Waals surface area (Å²) in [6.45, 7) is 1.47. The molecular formula is C21H23ClFN2O3+. The first-order valence-corrected chi connectivity index (χ1v) is 9.69. The lowest BCUT2D eigenvalue weighted by atomic mass is 9.94. The largest absolute Gasteiger partial charge is 0.491 e. The zero-order valence-electron chi connectivity index (χ0n) is 15.9. The maximum absolute atomic E-state index is 15.2. The van der Waals surface area contributed by atoms with Crippen LogP contribution in [-0.2, 0) is 9.53 Å². The molecule has 0 radical (unpaired) electrons. The van der Waals surface area contributed by atoms with Crippen LogP contribution in [0.4, 0.5) is 10.1 Å². The molecule has 148 valence electrons. The van der Waals surface area contributed by atoms with E-state index >= 15 is 4.39 Å². The Bertz CT molecular complexity index is 923. The fourth-order valence-electron chi connectivity index (χ4n) is 4.33. The van der Waals surface area contributed by atoms with Gasteiger partial charge in [-0.15, -0.1) is 0 Å². The number of nitrogens with one attached hydrogen (secondary N) is 1. The van der Waals surface area contributed by atoms with Crippen molar-refractivity contribution in [1.29, 1.82) is 0 Å². The first-order chi connectivity index (χ1) is 13.4. The normalized spacial score (nSPS) is 27.4. The second-order valence-corrected chi connectivity index (χ2v) is 7.83.